The van der Waals surface area contributed by atoms with Crippen molar-refractivity contribution in [2.75, 3.05) is 6.54 Å². The zero-order chi connectivity index (χ0) is 13.4. The fourth-order valence-electron chi connectivity index (χ4n) is 2.51. The van der Waals surface area contributed by atoms with Crippen molar-refractivity contribution in [3.8, 4) is 0 Å². The minimum absolute atomic E-state index is 0.595. The molecule has 0 aliphatic rings. The number of nitrogens with one attached hydrogen (secondary N) is 1. The maximum atomic E-state index is 3.66. The van der Waals surface area contributed by atoms with Gasteiger partial charge in [-0.25, -0.2) is 0 Å². The van der Waals surface area contributed by atoms with Crippen LogP contribution in [0.3, 0.4) is 0 Å². The van der Waals surface area contributed by atoms with Crippen LogP contribution in [0.5, 0.6) is 0 Å². The lowest BCUT2D eigenvalue weighted by molar-refractivity contribution is 0.438. The number of hydrogen-bond donors (Lipinski definition) is 1. The Morgan fingerprint density at radius 3 is 2.17 bits per heavy atom. The van der Waals surface area contributed by atoms with E-state index in [0.717, 1.165) is 6.54 Å². The maximum absolute atomic E-state index is 3.66. The number of rotatable bonds is 8. The second kappa shape index (κ2) is 8.31. The van der Waals surface area contributed by atoms with Crippen molar-refractivity contribution in [3.05, 3.63) is 35.4 Å². The molecule has 2 unspecified atom stereocenters. The predicted molar refractivity (Wildman–Crippen MR) is 81.2 cm³/mol. The fraction of sp³-hybridized carbons (Fsp3) is 0.647. The smallest absolute Gasteiger partial charge is 0.0130 e. The van der Waals surface area contributed by atoms with E-state index >= 15 is 0 Å². The standard InChI is InChI=1S/C17H29N/c1-5-8-15-9-11-16(12-10-15)14(4)17(7-3)18-13-6-2/h9-12,14,17-18H,5-8,13H2,1-4H3. The van der Waals surface area contributed by atoms with Crippen LogP contribution in [0, 0.1) is 0 Å². The van der Waals surface area contributed by atoms with E-state index in [0.29, 0.717) is 12.0 Å². The highest BCUT2D eigenvalue weighted by atomic mass is 14.9. The first-order chi connectivity index (χ1) is 8.72. The topological polar surface area (TPSA) is 12.0 Å². The summed E-state index contributed by atoms with van der Waals surface area (Å²) >= 11 is 0. The van der Waals surface area contributed by atoms with Gasteiger partial charge < -0.3 is 5.32 Å². The number of aryl methyl sites for hydroxylation is 1. The Balaban J connectivity index is 2.65. The second-order valence-corrected chi connectivity index (χ2v) is 5.25. The molecule has 1 N–H and O–H groups in total. The molecule has 0 bridgehead atoms. The minimum Gasteiger partial charge on any atom is -0.313 e. The summed E-state index contributed by atoms with van der Waals surface area (Å²) < 4.78 is 0. The summed E-state index contributed by atoms with van der Waals surface area (Å²) in [4.78, 5) is 0. The Bertz CT molecular complexity index is 315. The number of hydrogen-bond acceptors (Lipinski definition) is 1. The van der Waals surface area contributed by atoms with E-state index in [1.165, 1.54) is 36.8 Å². The molecule has 0 aliphatic heterocycles. The van der Waals surface area contributed by atoms with E-state index in [1.54, 1.807) is 0 Å². The average Bonchev–Trinajstić information content (AvgIpc) is 2.40. The first kappa shape index (κ1) is 15.2. The van der Waals surface area contributed by atoms with Crippen LogP contribution in [0.15, 0.2) is 24.3 Å². The Kier molecular flexibility index (Phi) is 7.04. The van der Waals surface area contributed by atoms with E-state index in [1.807, 2.05) is 0 Å². The van der Waals surface area contributed by atoms with E-state index in [2.05, 4.69) is 57.3 Å². The van der Waals surface area contributed by atoms with Crippen LogP contribution < -0.4 is 5.32 Å². The normalized spacial score (nSPS) is 14.4. The van der Waals surface area contributed by atoms with Crippen LogP contribution in [0.25, 0.3) is 0 Å². The highest BCUT2D eigenvalue weighted by Gasteiger charge is 2.16. The average molecular weight is 247 g/mol. The van der Waals surface area contributed by atoms with Crippen molar-refractivity contribution in [1.82, 2.24) is 5.32 Å². The summed E-state index contributed by atoms with van der Waals surface area (Å²) in [5, 5.41) is 3.66. The molecule has 0 radical (unpaired) electrons. The molecular formula is C17H29N. The zero-order valence-electron chi connectivity index (χ0n) is 12.5. The molecule has 0 saturated carbocycles. The molecule has 18 heavy (non-hydrogen) atoms. The molecule has 1 nitrogen and oxygen atoms in total. The third kappa shape index (κ3) is 4.45. The summed E-state index contributed by atoms with van der Waals surface area (Å²) in [5.41, 5.74) is 2.92. The predicted octanol–water partition coefficient (Wildman–Crippen LogP) is 4.52. The molecule has 1 aromatic rings. The van der Waals surface area contributed by atoms with Crippen molar-refractivity contribution in [2.24, 2.45) is 0 Å². The minimum atomic E-state index is 0.595. The molecule has 102 valence electrons. The molecule has 1 heteroatoms. The SMILES string of the molecule is CCCNC(CC)C(C)c1ccc(CCC)cc1. The van der Waals surface area contributed by atoms with Crippen molar-refractivity contribution in [1.29, 1.82) is 0 Å². The van der Waals surface area contributed by atoms with Crippen LogP contribution in [-0.2, 0) is 6.42 Å². The Morgan fingerprint density at radius 2 is 1.67 bits per heavy atom. The molecule has 1 aromatic carbocycles. The van der Waals surface area contributed by atoms with Gasteiger partial charge in [-0.05, 0) is 42.9 Å². The summed E-state index contributed by atoms with van der Waals surface area (Å²) in [5.74, 6) is 0.595. The van der Waals surface area contributed by atoms with Crippen LogP contribution in [0.4, 0.5) is 0 Å². The monoisotopic (exact) mass is 247 g/mol. The van der Waals surface area contributed by atoms with Gasteiger partial charge in [-0.15, -0.1) is 0 Å². The quantitative estimate of drug-likeness (QED) is 0.712. The van der Waals surface area contributed by atoms with E-state index < -0.39 is 0 Å². The van der Waals surface area contributed by atoms with Crippen LogP contribution in [0.1, 0.15) is 64.0 Å². The third-order valence-corrected chi connectivity index (χ3v) is 3.74. The molecular weight excluding hydrogens is 218 g/mol. The van der Waals surface area contributed by atoms with Gasteiger partial charge in [-0.3, -0.25) is 0 Å². The van der Waals surface area contributed by atoms with Crippen molar-refractivity contribution >= 4 is 0 Å². The van der Waals surface area contributed by atoms with Crippen molar-refractivity contribution in [3.63, 3.8) is 0 Å². The molecule has 2 atom stereocenters. The molecule has 0 saturated heterocycles. The first-order valence-corrected chi connectivity index (χ1v) is 7.55. The van der Waals surface area contributed by atoms with E-state index in [4.69, 9.17) is 0 Å². The zero-order valence-corrected chi connectivity index (χ0v) is 12.5. The van der Waals surface area contributed by atoms with Gasteiger partial charge in [0.15, 0.2) is 0 Å². The first-order valence-electron chi connectivity index (χ1n) is 7.55. The van der Waals surface area contributed by atoms with Crippen LogP contribution in [-0.4, -0.2) is 12.6 Å². The van der Waals surface area contributed by atoms with Gasteiger partial charge in [0.1, 0.15) is 0 Å². The van der Waals surface area contributed by atoms with Gasteiger partial charge >= 0.3 is 0 Å². The van der Waals surface area contributed by atoms with Gasteiger partial charge in [-0.2, -0.15) is 0 Å². The van der Waals surface area contributed by atoms with E-state index in [-0.39, 0.29) is 0 Å². The number of benzene rings is 1. The van der Waals surface area contributed by atoms with Crippen LogP contribution >= 0.6 is 0 Å². The fourth-order valence-corrected chi connectivity index (χ4v) is 2.51. The molecule has 0 aliphatic carbocycles. The summed E-state index contributed by atoms with van der Waals surface area (Å²) in [6.07, 6.45) is 4.82. The van der Waals surface area contributed by atoms with Crippen LogP contribution in [0.2, 0.25) is 0 Å². The highest BCUT2D eigenvalue weighted by Crippen LogP contribution is 2.22. The Hall–Kier alpha value is -0.820. The summed E-state index contributed by atoms with van der Waals surface area (Å²) in [7, 11) is 0. The van der Waals surface area contributed by atoms with Gasteiger partial charge in [0.05, 0.1) is 0 Å². The lowest BCUT2D eigenvalue weighted by atomic mass is 9.90. The highest BCUT2D eigenvalue weighted by molar-refractivity contribution is 5.26. The molecule has 1 rings (SSSR count). The molecule has 0 aromatic heterocycles. The molecule has 0 amide bonds. The van der Waals surface area contributed by atoms with E-state index in [9.17, 15) is 0 Å². The molecule has 0 fully saturated rings. The maximum Gasteiger partial charge on any atom is 0.0130 e. The lowest BCUT2D eigenvalue weighted by Gasteiger charge is -2.24. The largest absolute Gasteiger partial charge is 0.313 e. The summed E-state index contributed by atoms with van der Waals surface area (Å²) in [6, 6.07) is 9.81. The molecule has 0 spiro atoms. The van der Waals surface area contributed by atoms with Crippen molar-refractivity contribution < 1.29 is 0 Å². The van der Waals surface area contributed by atoms with Gasteiger partial charge in [0, 0.05) is 6.04 Å². The van der Waals surface area contributed by atoms with Gasteiger partial charge in [-0.1, -0.05) is 58.4 Å². The van der Waals surface area contributed by atoms with Crippen molar-refractivity contribution in [2.45, 2.75) is 65.3 Å². The third-order valence-electron chi connectivity index (χ3n) is 3.74. The Morgan fingerprint density at radius 1 is 1.00 bits per heavy atom. The molecule has 0 heterocycles. The lowest BCUT2D eigenvalue weighted by Crippen LogP contribution is -2.33. The Labute approximate surface area is 113 Å². The summed E-state index contributed by atoms with van der Waals surface area (Å²) in [6.45, 7) is 10.2. The van der Waals surface area contributed by atoms with Gasteiger partial charge in [0.2, 0.25) is 0 Å². The van der Waals surface area contributed by atoms with Gasteiger partial charge in [0.25, 0.3) is 0 Å². The second-order valence-electron chi connectivity index (χ2n) is 5.25.